The highest BCUT2D eigenvalue weighted by atomic mass is 19.1. The van der Waals surface area contributed by atoms with Crippen LogP contribution < -0.4 is 5.32 Å². The minimum absolute atomic E-state index is 0.101. The Morgan fingerprint density at radius 2 is 1.89 bits per heavy atom. The number of halogens is 1. The van der Waals surface area contributed by atoms with Crippen LogP contribution in [0.2, 0.25) is 0 Å². The molecule has 0 spiro atoms. The van der Waals surface area contributed by atoms with Crippen LogP contribution in [0, 0.1) is 11.7 Å². The minimum atomic E-state index is -0.101. The molecule has 1 N–H and O–H groups in total. The van der Waals surface area contributed by atoms with E-state index in [0.29, 0.717) is 12.0 Å². The third kappa shape index (κ3) is 2.98. The number of hydrogen-bond acceptors (Lipinski definition) is 2. The highest BCUT2D eigenvalue weighted by Gasteiger charge is 2.31. The SMILES string of the molecule is Fc1cccc([C@H](C2CCCC2)N2CCNCC2)c1. The molecule has 0 amide bonds. The van der Waals surface area contributed by atoms with Gasteiger partial charge in [0, 0.05) is 32.2 Å². The molecular weight excluding hydrogens is 239 g/mol. The molecule has 1 saturated carbocycles. The van der Waals surface area contributed by atoms with Crippen molar-refractivity contribution in [1.29, 1.82) is 0 Å². The van der Waals surface area contributed by atoms with Gasteiger partial charge in [-0.25, -0.2) is 4.39 Å². The molecule has 2 fully saturated rings. The molecule has 19 heavy (non-hydrogen) atoms. The average molecular weight is 262 g/mol. The van der Waals surface area contributed by atoms with Crippen LogP contribution in [0.5, 0.6) is 0 Å². The van der Waals surface area contributed by atoms with Crippen LogP contribution >= 0.6 is 0 Å². The van der Waals surface area contributed by atoms with Gasteiger partial charge in [0.05, 0.1) is 0 Å². The third-order valence-corrected chi connectivity index (χ3v) is 4.58. The Labute approximate surface area is 115 Å². The van der Waals surface area contributed by atoms with E-state index in [4.69, 9.17) is 0 Å². The Kier molecular flexibility index (Phi) is 4.14. The fourth-order valence-corrected chi connectivity index (χ4v) is 3.71. The molecule has 0 radical (unpaired) electrons. The number of nitrogens with one attached hydrogen (secondary N) is 1. The van der Waals surface area contributed by atoms with Crippen molar-refractivity contribution < 1.29 is 4.39 Å². The second-order valence-electron chi connectivity index (χ2n) is 5.83. The third-order valence-electron chi connectivity index (χ3n) is 4.58. The maximum absolute atomic E-state index is 13.6. The molecule has 0 unspecified atom stereocenters. The van der Waals surface area contributed by atoms with Gasteiger partial charge in [0.25, 0.3) is 0 Å². The Morgan fingerprint density at radius 1 is 1.16 bits per heavy atom. The number of piperazine rings is 1. The van der Waals surface area contributed by atoms with Gasteiger partial charge in [-0.05, 0) is 36.5 Å². The summed E-state index contributed by atoms with van der Waals surface area (Å²) in [6.07, 6.45) is 5.27. The van der Waals surface area contributed by atoms with Crippen molar-refractivity contribution in [3.8, 4) is 0 Å². The van der Waals surface area contributed by atoms with E-state index in [2.05, 4.69) is 16.3 Å². The number of benzene rings is 1. The van der Waals surface area contributed by atoms with E-state index in [0.717, 1.165) is 26.2 Å². The first-order valence-electron chi connectivity index (χ1n) is 7.55. The number of rotatable bonds is 3. The van der Waals surface area contributed by atoms with Gasteiger partial charge in [-0.2, -0.15) is 0 Å². The smallest absolute Gasteiger partial charge is 0.123 e. The van der Waals surface area contributed by atoms with Gasteiger partial charge in [0.15, 0.2) is 0 Å². The monoisotopic (exact) mass is 262 g/mol. The van der Waals surface area contributed by atoms with Gasteiger partial charge in [0.2, 0.25) is 0 Å². The molecular formula is C16H23FN2. The second-order valence-corrected chi connectivity index (χ2v) is 5.83. The van der Waals surface area contributed by atoms with Crippen LogP contribution in [-0.2, 0) is 0 Å². The molecule has 1 aromatic carbocycles. The fraction of sp³-hybridized carbons (Fsp3) is 0.625. The van der Waals surface area contributed by atoms with Gasteiger partial charge in [-0.1, -0.05) is 25.0 Å². The topological polar surface area (TPSA) is 15.3 Å². The van der Waals surface area contributed by atoms with Crippen LogP contribution in [-0.4, -0.2) is 31.1 Å². The Hall–Kier alpha value is -0.930. The molecule has 3 heteroatoms. The molecule has 3 rings (SSSR count). The predicted octanol–water partition coefficient (Wildman–Crippen LogP) is 2.96. The maximum atomic E-state index is 13.6. The fourth-order valence-electron chi connectivity index (χ4n) is 3.71. The first-order chi connectivity index (χ1) is 9.34. The lowest BCUT2D eigenvalue weighted by Gasteiger charge is -2.38. The molecule has 0 aromatic heterocycles. The Morgan fingerprint density at radius 3 is 2.58 bits per heavy atom. The van der Waals surface area contributed by atoms with Crippen molar-refractivity contribution in [3.63, 3.8) is 0 Å². The molecule has 1 aromatic rings. The van der Waals surface area contributed by atoms with E-state index in [1.807, 2.05) is 6.07 Å². The molecule has 1 aliphatic heterocycles. The molecule has 1 aliphatic carbocycles. The molecule has 1 saturated heterocycles. The van der Waals surface area contributed by atoms with Crippen molar-refractivity contribution in [2.24, 2.45) is 5.92 Å². The maximum Gasteiger partial charge on any atom is 0.123 e. The van der Waals surface area contributed by atoms with Crippen LogP contribution in [0.4, 0.5) is 4.39 Å². The van der Waals surface area contributed by atoms with E-state index >= 15 is 0 Å². The summed E-state index contributed by atoms with van der Waals surface area (Å²) in [6.45, 7) is 4.27. The summed E-state index contributed by atoms with van der Waals surface area (Å²) in [5, 5.41) is 3.41. The van der Waals surface area contributed by atoms with Crippen LogP contribution in [0.3, 0.4) is 0 Å². The summed E-state index contributed by atoms with van der Waals surface area (Å²) in [6, 6.07) is 7.67. The summed E-state index contributed by atoms with van der Waals surface area (Å²) < 4.78 is 13.6. The van der Waals surface area contributed by atoms with E-state index in [1.165, 1.54) is 31.2 Å². The van der Waals surface area contributed by atoms with Gasteiger partial charge in [0.1, 0.15) is 5.82 Å². The molecule has 104 valence electrons. The summed E-state index contributed by atoms with van der Waals surface area (Å²) in [5.41, 5.74) is 1.17. The first kappa shape index (κ1) is 13.1. The molecule has 2 nitrogen and oxygen atoms in total. The normalized spacial score (nSPS) is 23.6. The lowest BCUT2D eigenvalue weighted by molar-refractivity contribution is 0.125. The van der Waals surface area contributed by atoms with Crippen LogP contribution in [0.1, 0.15) is 37.3 Å². The largest absolute Gasteiger partial charge is 0.314 e. The van der Waals surface area contributed by atoms with E-state index < -0.39 is 0 Å². The van der Waals surface area contributed by atoms with Crippen LogP contribution in [0.15, 0.2) is 24.3 Å². The Bertz CT molecular complexity index is 409. The van der Waals surface area contributed by atoms with Crippen molar-refractivity contribution in [3.05, 3.63) is 35.6 Å². The van der Waals surface area contributed by atoms with Gasteiger partial charge < -0.3 is 5.32 Å². The lowest BCUT2D eigenvalue weighted by atomic mass is 9.89. The van der Waals surface area contributed by atoms with Gasteiger partial charge in [-0.3, -0.25) is 4.90 Å². The van der Waals surface area contributed by atoms with Crippen molar-refractivity contribution in [2.45, 2.75) is 31.7 Å². The second kappa shape index (κ2) is 6.02. The van der Waals surface area contributed by atoms with E-state index in [-0.39, 0.29) is 5.82 Å². The van der Waals surface area contributed by atoms with Crippen LogP contribution in [0.25, 0.3) is 0 Å². The highest BCUT2D eigenvalue weighted by molar-refractivity contribution is 5.21. The predicted molar refractivity (Wildman–Crippen MR) is 75.5 cm³/mol. The molecule has 0 bridgehead atoms. The zero-order valence-corrected chi connectivity index (χ0v) is 11.4. The highest BCUT2D eigenvalue weighted by Crippen LogP contribution is 2.39. The zero-order valence-electron chi connectivity index (χ0n) is 11.4. The molecule has 2 aliphatic rings. The minimum Gasteiger partial charge on any atom is -0.314 e. The lowest BCUT2D eigenvalue weighted by Crippen LogP contribution is -2.46. The van der Waals surface area contributed by atoms with Crippen molar-refractivity contribution in [1.82, 2.24) is 10.2 Å². The van der Waals surface area contributed by atoms with Gasteiger partial charge >= 0.3 is 0 Å². The summed E-state index contributed by atoms with van der Waals surface area (Å²) >= 11 is 0. The molecule has 1 atom stereocenters. The van der Waals surface area contributed by atoms with E-state index in [9.17, 15) is 4.39 Å². The average Bonchev–Trinajstić information content (AvgIpc) is 2.94. The standard InChI is InChI=1S/C16H23FN2/c17-15-7-3-6-14(12-15)16(13-4-1-2-5-13)19-10-8-18-9-11-19/h3,6-7,12-13,16,18H,1-2,4-5,8-11H2/t16-/m0/s1. The quantitative estimate of drug-likeness (QED) is 0.901. The zero-order chi connectivity index (χ0) is 13.1. The molecule has 1 heterocycles. The Balaban J connectivity index is 1.86. The van der Waals surface area contributed by atoms with Gasteiger partial charge in [-0.15, -0.1) is 0 Å². The van der Waals surface area contributed by atoms with E-state index in [1.54, 1.807) is 12.1 Å². The summed E-state index contributed by atoms with van der Waals surface area (Å²) in [4.78, 5) is 2.56. The van der Waals surface area contributed by atoms with Crippen molar-refractivity contribution >= 4 is 0 Å². The summed E-state index contributed by atoms with van der Waals surface area (Å²) in [5.74, 6) is 0.607. The first-order valence-corrected chi connectivity index (χ1v) is 7.55. The van der Waals surface area contributed by atoms with Crippen molar-refractivity contribution in [2.75, 3.05) is 26.2 Å². The number of hydrogen-bond donors (Lipinski definition) is 1. The summed E-state index contributed by atoms with van der Waals surface area (Å²) in [7, 11) is 0. The number of nitrogens with zero attached hydrogens (tertiary/aromatic N) is 1.